The van der Waals surface area contributed by atoms with Crippen molar-refractivity contribution in [3.63, 3.8) is 0 Å². The number of aryl methyl sites for hydroxylation is 1. The van der Waals surface area contributed by atoms with Crippen LogP contribution in [0.2, 0.25) is 0 Å². The normalized spacial score (nSPS) is 27.3. The second kappa shape index (κ2) is 5.75. The predicted molar refractivity (Wildman–Crippen MR) is 81.5 cm³/mol. The number of hydrogen-bond donors (Lipinski definition) is 1. The summed E-state index contributed by atoms with van der Waals surface area (Å²) >= 11 is 2.00. The largest absolute Gasteiger partial charge is 0.317 e. The Morgan fingerprint density at radius 3 is 2.78 bits per heavy atom. The lowest BCUT2D eigenvalue weighted by molar-refractivity contribution is 0.162. The molecule has 0 aromatic carbocycles. The molecular weight excluding hydrogens is 238 g/mol. The van der Waals surface area contributed by atoms with E-state index in [-0.39, 0.29) is 0 Å². The molecule has 0 aliphatic heterocycles. The van der Waals surface area contributed by atoms with Gasteiger partial charge in [-0.15, -0.1) is 11.3 Å². The molecule has 18 heavy (non-hydrogen) atoms. The molecule has 0 radical (unpaired) electrons. The second-order valence-corrected chi connectivity index (χ2v) is 7.85. The summed E-state index contributed by atoms with van der Waals surface area (Å²) in [6.45, 7) is 11.6. The zero-order valence-corrected chi connectivity index (χ0v) is 13.1. The highest BCUT2D eigenvalue weighted by Crippen LogP contribution is 2.47. The molecule has 2 rings (SSSR count). The average Bonchev–Trinajstić information content (AvgIpc) is 2.73. The van der Waals surface area contributed by atoms with Crippen molar-refractivity contribution in [2.75, 3.05) is 13.1 Å². The molecule has 1 nitrogen and oxygen atoms in total. The van der Waals surface area contributed by atoms with Crippen molar-refractivity contribution in [2.45, 2.75) is 52.9 Å². The molecule has 0 saturated heterocycles. The van der Waals surface area contributed by atoms with E-state index in [2.05, 4.69) is 45.1 Å². The van der Waals surface area contributed by atoms with Gasteiger partial charge >= 0.3 is 0 Å². The van der Waals surface area contributed by atoms with Gasteiger partial charge in [0.25, 0.3) is 0 Å². The van der Waals surface area contributed by atoms with Crippen molar-refractivity contribution in [2.24, 2.45) is 11.3 Å². The van der Waals surface area contributed by atoms with Crippen molar-refractivity contribution < 1.29 is 0 Å². The van der Waals surface area contributed by atoms with Gasteiger partial charge in [0.2, 0.25) is 0 Å². The summed E-state index contributed by atoms with van der Waals surface area (Å²) in [7, 11) is 0. The van der Waals surface area contributed by atoms with Crippen molar-refractivity contribution >= 4 is 11.3 Å². The summed E-state index contributed by atoms with van der Waals surface area (Å²) in [5.74, 6) is 1.60. The van der Waals surface area contributed by atoms with Gasteiger partial charge in [-0.1, -0.05) is 20.8 Å². The predicted octanol–water partition coefficient (Wildman–Crippen LogP) is 4.58. The molecule has 1 aromatic heterocycles. The monoisotopic (exact) mass is 265 g/mol. The summed E-state index contributed by atoms with van der Waals surface area (Å²) in [6, 6.07) is 4.65. The smallest absolute Gasteiger partial charge is 0.00824 e. The zero-order chi connectivity index (χ0) is 13.2. The van der Waals surface area contributed by atoms with Crippen molar-refractivity contribution in [1.29, 1.82) is 0 Å². The Morgan fingerprint density at radius 2 is 2.17 bits per heavy atom. The van der Waals surface area contributed by atoms with E-state index < -0.39 is 0 Å². The molecular formula is C16H27NS. The van der Waals surface area contributed by atoms with E-state index in [0.29, 0.717) is 5.41 Å². The van der Waals surface area contributed by atoms with Gasteiger partial charge < -0.3 is 5.32 Å². The molecule has 2 heteroatoms. The number of rotatable bonds is 4. The summed E-state index contributed by atoms with van der Waals surface area (Å²) in [5, 5.41) is 3.56. The first-order chi connectivity index (χ1) is 8.52. The molecule has 1 N–H and O–H groups in total. The Morgan fingerprint density at radius 1 is 1.39 bits per heavy atom. The topological polar surface area (TPSA) is 12.0 Å². The minimum atomic E-state index is 0.519. The molecule has 2 unspecified atom stereocenters. The fourth-order valence-corrected chi connectivity index (χ4v) is 4.27. The van der Waals surface area contributed by atoms with Gasteiger partial charge in [0.1, 0.15) is 0 Å². The van der Waals surface area contributed by atoms with E-state index in [1.165, 1.54) is 30.7 Å². The molecule has 1 saturated carbocycles. The first kappa shape index (κ1) is 14.1. The number of thiophene rings is 1. The third-order valence-electron chi connectivity index (χ3n) is 4.32. The van der Waals surface area contributed by atoms with Crippen LogP contribution in [0.5, 0.6) is 0 Å². The highest BCUT2D eigenvalue weighted by molar-refractivity contribution is 7.12. The van der Waals surface area contributed by atoms with Crippen LogP contribution in [-0.4, -0.2) is 13.1 Å². The maximum absolute atomic E-state index is 3.56. The lowest BCUT2D eigenvalue weighted by Crippen LogP contribution is -2.34. The van der Waals surface area contributed by atoms with Crippen LogP contribution < -0.4 is 5.32 Å². The first-order valence-corrected chi connectivity index (χ1v) is 8.10. The first-order valence-electron chi connectivity index (χ1n) is 7.29. The van der Waals surface area contributed by atoms with Crippen LogP contribution in [0.3, 0.4) is 0 Å². The summed E-state index contributed by atoms with van der Waals surface area (Å²) < 4.78 is 0. The molecule has 102 valence electrons. The van der Waals surface area contributed by atoms with Crippen LogP contribution in [0.4, 0.5) is 0 Å². The fraction of sp³-hybridized carbons (Fsp3) is 0.750. The van der Waals surface area contributed by atoms with Gasteiger partial charge in [-0.3, -0.25) is 0 Å². The standard InChI is InChI=1S/C16H27NS/c1-5-17-11-13-8-9-16(3,4)10-14(13)15-7-6-12(2)18-15/h6-7,13-14,17H,5,8-11H2,1-4H3. The van der Waals surface area contributed by atoms with E-state index in [1.54, 1.807) is 4.88 Å². The Bertz CT molecular complexity index is 380. The number of nitrogens with one attached hydrogen (secondary N) is 1. The van der Waals surface area contributed by atoms with Gasteiger partial charge in [0.15, 0.2) is 0 Å². The molecule has 0 spiro atoms. The summed E-state index contributed by atoms with van der Waals surface area (Å²) in [4.78, 5) is 3.07. The Balaban J connectivity index is 2.13. The SMILES string of the molecule is CCNCC1CCC(C)(C)CC1c1ccc(C)s1. The Hall–Kier alpha value is -0.340. The van der Waals surface area contributed by atoms with E-state index in [4.69, 9.17) is 0 Å². The third kappa shape index (κ3) is 3.36. The van der Waals surface area contributed by atoms with Gasteiger partial charge in [-0.25, -0.2) is 0 Å². The molecule has 0 bridgehead atoms. The molecule has 1 fully saturated rings. The molecule has 0 amide bonds. The van der Waals surface area contributed by atoms with Gasteiger partial charge in [-0.05, 0) is 68.7 Å². The maximum atomic E-state index is 3.56. The van der Waals surface area contributed by atoms with Crippen molar-refractivity contribution in [3.8, 4) is 0 Å². The van der Waals surface area contributed by atoms with E-state index in [0.717, 1.165) is 18.4 Å². The molecule has 2 atom stereocenters. The highest BCUT2D eigenvalue weighted by atomic mass is 32.1. The lowest BCUT2D eigenvalue weighted by Gasteiger charge is -2.40. The Kier molecular flexibility index (Phi) is 4.50. The molecule has 1 heterocycles. The van der Waals surface area contributed by atoms with Crippen LogP contribution in [0.25, 0.3) is 0 Å². The van der Waals surface area contributed by atoms with Gasteiger partial charge in [0, 0.05) is 9.75 Å². The van der Waals surface area contributed by atoms with Crippen molar-refractivity contribution in [3.05, 3.63) is 21.9 Å². The van der Waals surface area contributed by atoms with E-state index in [1.807, 2.05) is 11.3 Å². The minimum Gasteiger partial charge on any atom is -0.317 e. The van der Waals surface area contributed by atoms with E-state index in [9.17, 15) is 0 Å². The van der Waals surface area contributed by atoms with Crippen LogP contribution >= 0.6 is 11.3 Å². The van der Waals surface area contributed by atoms with Crippen LogP contribution in [0, 0.1) is 18.3 Å². The molecule has 1 aliphatic rings. The average molecular weight is 265 g/mol. The summed E-state index contributed by atoms with van der Waals surface area (Å²) in [5.41, 5.74) is 0.519. The maximum Gasteiger partial charge on any atom is 0.00824 e. The number of hydrogen-bond acceptors (Lipinski definition) is 2. The van der Waals surface area contributed by atoms with Crippen LogP contribution in [0.15, 0.2) is 12.1 Å². The zero-order valence-electron chi connectivity index (χ0n) is 12.3. The van der Waals surface area contributed by atoms with Gasteiger partial charge in [-0.2, -0.15) is 0 Å². The highest BCUT2D eigenvalue weighted by Gasteiger charge is 2.35. The minimum absolute atomic E-state index is 0.519. The quantitative estimate of drug-likeness (QED) is 0.840. The summed E-state index contributed by atoms with van der Waals surface area (Å²) in [6.07, 6.45) is 4.11. The lowest BCUT2D eigenvalue weighted by atomic mass is 9.66. The Labute approximate surface area is 116 Å². The van der Waals surface area contributed by atoms with E-state index >= 15 is 0 Å². The molecule has 1 aliphatic carbocycles. The van der Waals surface area contributed by atoms with Crippen molar-refractivity contribution in [1.82, 2.24) is 5.32 Å². The second-order valence-electron chi connectivity index (χ2n) is 6.53. The van der Waals surface area contributed by atoms with Gasteiger partial charge in [0.05, 0.1) is 0 Å². The fourth-order valence-electron chi connectivity index (χ4n) is 3.20. The van der Waals surface area contributed by atoms with Crippen LogP contribution in [-0.2, 0) is 0 Å². The third-order valence-corrected chi connectivity index (χ3v) is 5.45. The van der Waals surface area contributed by atoms with Crippen LogP contribution in [0.1, 0.15) is 55.7 Å². The molecule has 1 aromatic rings.